The molecule has 3 unspecified atom stereocenters. The molecule has 0 spiro atoms. The molecule has 4 N–H and O–H groups in total. The van der Waals surface area contributed by atoms with E-state index in [4.69, 9.17) is 22.1 Å². The minimum absolute atomic E-state index is 0.0867. The third-order valence-corrected chi connectivity index (χ3v) is 10.3. The number of piperidine rings is 3. The number of amides is 1. The first-order chi connectivity index (χ1) is 22.0. The fourth-order valence-corrected chi connectivity index (χ4v) is 7.88. The molecule has 1 aliphatic carbocycles. The van der Waals surface area contributed by atoms with Crippen LogP contribution in [0.25, 0.3) is 22.6 Å². The molecule has 14 nitrogen and oxygen atoms in total. The number of halogens is 1. The first-order valence-electron chi connectivity index (χ1n) is 15.1. The average Bonchev–Trinajstić information content (AvgIpc) is 3.82. The number of rotatable bonds is 7. The van der Waals surface area contributed by atoms with E-state index in [1.54, 1.807) is 16.8 Å². The maximum atomic E-state index is 13.6. The summed E-state index contributed by atoms with van der Waals surface area (Å²) in [5, 5.41) is 22.6. The van der Waals surface area contributed by atoms with Crippen LogP contribution in [0.5, 0.6) is 5.75 Å². The van der Waals surface area contributed by atoms with Gasteiger partial charge in [-0.3, -0.25) is 4.79 Å². The molecular formula is C29H31ClN12O2S. The van der Waals surface area contributed by atoms with Gasteiger partial charge in [-0.1, -0.05) is 11.6 Å². The second kappa shape index (κ2) is 11.5. The van der Waals surface area contributed by atoms with E-state index in [0.29, 0.717) is 50.6 Å². The van der Waals surface area contributed by atoms with Gasteiger partial charge in [-0.2, -0.15) is 9.78 Å². The molecule has 16 heteroatoms. The largest absolute Gasteiger partial charge is 0.488 e. The van der Waals surface area contributed by atoms with Gasteiger partial charge < -0.3 is 26.0 Å². The highest BCUT2D eigenvalue weighted by Crippen LogP contribution is 2.39. The number of thiophene rings is 1. The zero-order valence-corrected chi connectivity index (χ0v) is 25.8. The number of hydrogen-bond donors (Lipinski definition) is 3. The van der Waals surface area contributed by atoms with Gasteiger partial charge in [-0.25, -0.2) is 14.5 Å². The van der Waals surface area contributed by atoms with Crippen molar-refractivity contribution in [2.24, 2.45) is 5.92 Å². The van der Waals surface area contributed by atoms with Crippen molar-refractivity contribution in [1.82, 2.24) is 50.4 Å². The molecule has 0 radical (unpaired) electrons. The molecule has 4 aliphatic rings. The molecule has 232 valence electrons. The second-order valence-electron chi connectivity index (χ2n) is 11.8. The van der Waals surface area contributed by atoms with Crippen molar-refractivity contribution in [3.8, 4) is 22.8 Å². The monoisotopic (exact) mass is 646 g/mol. The number of nitrogens with one attached hydrogen (secondary N) is 2. The Morgan fingerprint density at radius 3 is 2.89 bits per heavy atom. The zero-order chi connectivity index (χ0) is 30.5. The van der Waals surface area contributed by atoms with E-state index in [1.165, 1.54) is 35.1 Å². The molecule has 0 aromatic carbocycles. The predicted molar refractivity (Wildman–Crippen MR) is 169 cm³/mol. The number of fused-ring (bicyclic) bond motifs is 4. The van der Waals surface area contributed by atoms with E-state index in [0.717, 1.165) is 55.7 Å². The van der Waals surface area contributed by atoms with E-state index in [-0.39, 0.29) is 18.1 Å². The van der Waals surface area contributed by atoms with Crippen LogP contribution in [0.4, 0.5) is 11.5 Å². The number of carbonyl (C=O) groups excluding carboxylic acids is 1. The third kappa shape index (κ3) is 5.34. The molecule has 9 rings (SSSR count). The molecule has 5 aromatic heterocycles. The lowest BCUT2D eigenvalue weighted by molar-refractivity contribution is 0.0410. The van der Waals surface area contributed by atoms with Gasteiger partial charge in [0.1, 0.15) is 34.9 Å². The van der Waals surface area contributed by atoms with Gasteiger partial charge in [-0.15, -0.1) is 16.4 Å². The highest BCUT2D eigenvalue weighted by atomic mass is 35.5. The van der Waals surface area contributed by atoms with Crippen LogP contribution in [0.15, 0.2) is 43.1 Å². The number of tetrazole rings is 1. The maximum Gasteiger partial charge on any atom is 0.265 e. The highest BCUT2D eigenvalue weighted by Gasteiger charge is 2.38. The summed E-state index contributed by atoms with van der Waals surface area (Å²) in [5.41, 5.74) is 9.68. The molecule has 1 amide bonds. The standard InChI is InChI=1S/C29H31ClN12O2S/c30-24-10-23(44-22-8-18-5-3-17(22)12-32-18)27(45-24)29(43)37-19-2-1-7-40(13-19)21-9-20(42-26(21)28(31)34-14-36-42)16-4-6-25(33-11-16)41-15-35-38-39-41/h4,6,9-11,14-15,17-19,22,32H,1-3,5,7-8,12-13H2,(H,37,43)(H2,31,34,36)/t17?,18?,19-,22?/m1/s1. The first kappa shape index (κ1) is 28.2. The summed E-state index contributed by atoms with van der Waals surface area (Å²) in [6, 6.07) is 8.01. The molecular weight excluding hydrogens is 616 g/mol. The van der Waals surface area contributed by atoms with Crippen molar-refractivity contribution in [1.29, 1.82) is 0 Å². The van der Waals surface area contributed by atoms with Crippen LogP contribution in [0, 0.1) is 5.92 Å². The van der Waals surface area contributed by atoms with Gasteiger partial charge in [-0.05, 0) is 60.7 Å². The molecule has 3 saturated heterocycles. The molecule has 1 saturated carbocycles. The van der Waals surface area contributed by atoms with E-state index in [1.807, 2.05) is 12.1 Å². The van der Waals surface area contributed by atoms with Gasteiger partial charge in [0.25, 0.3) is 5.91 Å². The summed E-state index contributed by atoms with van der Waals surface area (Å²) in [4.78, 5) is 25.2. The summed E-state index contributed by atoms with van der Waals surface area (Å²) in [5.74, 6) is 1.84. The number of aromatic nitrogens is 8. The van der Waals surface area contributed by atoms with Crippen LogP contribution in [0.2, 0.25) is 4.34 Å². The molecule has 2 bridgehead atoms. The number of ether oxygens (including phenoxy) is 1. The summed E-state index contributed by atoms with van der Waals surface area (Å²) >= 11 is 7.67. The van der Waals surface area contributed by atoms with Crippen LogP contribution in [-0.2, 0) is 0 Å². The Labute approximate surface area is 266 Å². The van der Waals surface area contributed by atoms with E-state index in [2.05, 4.69) is 52.2 Å². The molecule has 4 atom stereocenters. The summed E-state index contributed by atoms with van der Waals surface area (Å²) in [6.45, 7) is 2.36. The van der Waals surface area contributed by atoms with Gasteiger partial charge >= 0.3 is 0 Å². The quantitative estimate of drug-likeness (QED) is 0.238. The predicted octanol–water partition coefficient (Wildman–Crippen LogP) is 2.98. The first-order valence-corrected chi connectivity index (χ1v) is 16.3. The third-order valence-electron chi connectivity index (χ3n) is 9.04. The van der Waals surface area contributed by atoms with Gasteiger partial charge in [0.15, 0.2) is 11.6 Å². The highest BCUT2D eigenvalue weighted by molar-refractivity contribution is 7.18. The minimum atomic E-state index is -0.160. The van der Waals surface area contributed by atoms with Crippen LogP contribution in [0.1, 0.15) is 41.8 Å². The minimum Gasteiger partial charge on any atom is -0.488 e. The van der Waals surface area contributed by atoms with Crippen LogP contribution >= 0.6 is 22.9 Å². The van der Waals surface area contributed by atoms with Gasteiger partial charge in [0, 0.05) is 55.5 Å². The Morgan fingerprint density at radius 1 is 1.20 bits per heavy atom. The number of pyridine rings is 1. The van der Waals surface area contributed by atoms with Crippen LogP contribution < -0.4 is 26.0 Å². The van der Waals surface area contributed by atoms with E-state index in [9.17, 15) is 4.79 Å². The van der Waals surface area contributed by atoms with Gasteiger partial charge in [0.2, 0.25) is 0 Å². The molecule has 4 fully saturated rings. The molecule has 3 aliphatic heterocycles. The number of nitrogens with two attached hydrogens (primary N) is 1. The van der Waals surface area contributed by atoms with Crippen molar-refractivity contribution in [2.75, 3.05) is 30.3 Å². The topological polar surface area (TPSA) is 166 Å². The maximum absolute atomic E-state index is 13.6. The van der Waals surface area contributed by atoms with Crippen molar-refractivity contribution in [2.45, 2.75) is 50.3 Å². The number of nitrogen functional groups attached to an aromatic ring is 1. The lowest BCUT2D eigenvalue weighted by Gasteiger charge is -2.42. The Hall–Kier alpha value is -4.34. The Morgan fingerprint density at radius 2 is 2.13 bits per heavy atom. The smallest absolute Gasteiger partial charge is 0.265 e. The molecule has 5 aromatic rings. The summed E-state index contributed by atoms with van der Waals surface area (Å²) < 4.78 is 10.3. The van der Waals surface area contributed by atoms with Crippen molar-refractivity contribution >= 4 is 45.9 Å². The summed E-state index contributed by atoms with van der Waals surface area (Å²) in [6.07, 6.45) is 9.81. The SMILES string of the molecule is Nc1ncnn2c(-c3ccc(-n4cnnn4)nc3)cc(N3CCC[C@@H](NC(=O)c4sc(Cl)cc4OC4CC5CCC4CN5)C3)c12. The number of carbonyl (C=O) groups is 1. The van der Waals surface area contributed by atoms with E-state index >= 15 is 0 Å². The van der Waals surface area contributed by atoms with Crippen molar-refractivity contribution < 1.29 is 9.53 Å². The van der Waals surface area contributed by atoms with Crippen LogP contribution in [0.3, 0.4) is 0 Å². The lowest BCUT2D eigenvalue weighted by Crippen LogP contribution is -2.53. The fraction of sp³-hybridized carbons (Fsp3) is 0.414. The van der Waals surface area contributed by atoms with Crippen LogP contribution in [-0.4, -0.2) is 83.5 Å². The second-order valence-corrected chi connectivity index (χ2v) is 13.5. The molecule has 45 heavy (non-hydrogen) atoms. The lowest BCUT2D eigenvalue weighted by atomic mass is 9.79. The Balaban J connectivity index is 1.02. The van der Waals surface area contributed by atoms with Crippen molar-refractivity contribution in [3.63, 3.8) is 0 Å². The zero-order valence-electron chi connectivity index (χ0n) is 24.2. The van der Waals surface area contributed by atoms with Crippen molar-refractivity contribution in [3.05, 3.63) is 52.3 Å². The molecule has 8 heterocycles. The number of nitrogens with zero attached hydrogens (tertiary/aromatic N) is 9. The normalized spacial score (nSPS) is 23.0. The number of anilines is 2. The van der Waals surface area contributed by atoms with Gasteiger partial charge in [0.05, 0.1) is 15.7 Å². The fourth-order valence-electron chi connectivity index (χ4n) is 6.83. The average molecular weight is 647 g/mol. The Kier molecular flexibility index (Phi) is 7.22. The van der Waals surface area contributed by atoms with E-state index < -0.39 is 0 Å². The summed E-state index contributed by atoms with van der Waals surface area (Å²) in [7, 11) is 0. The number of hydrogen-bond acceptors (Lipinski definition) is 12. The Bertz CT molecular complexity index is 1830.